The molecular formula is C9H17F3N2O. The van der Waals surface area contributed by atoms with Gasteiger partial charge in [-0.25, -0.2) is 4.79 Å². The fourth-order valence-corrected chi connectivity index (χ4v) is 0.934. The molecule has 6 heteroatoms. The van der Waals surface area contributed by atoms with Gasteiger partial charge in [0, 0.05) is 6.04 Å². The standard InChI is InChI=1S/C9H17F3N2O/c1-4-6(2)7(3)14-8(15)13-5-9(10,11)12/h6-7H,4-5H2,1-3H3,(H2,13,14,15). The second-order valence-corrected chi connectivity index (χ2v) is 3.62. The third kappa shape index (κ3) is 7.04. The molecule has 0 saturated heterocycles. The van der Waals surface area contributed by atoms with E-state index in [1.807, 2.05) is 13.8 Å². The van der Waals surface area contributed by atoms with E-state index in [1.165, 1.54) is 0 Å². The minimum Gasteiger partial charge on any atom is -0.335 e. The molecule has 0 heterocycles. The number of nitrogens with one attached hydrogen (secondary N) is 2. The average Bonchev–Trinajstić information content (AvgIpc) is 2.12. The van der Waals surface area contributed by atoms with Crippen molar-refractivity contribution in [3.63, 3.8) is 0 Å². The molecule has 0 aromatic rings. The van der Waals surface area contributed by atoms with Gasteiger partial charge in [-0.05, 0) is 12.8 Å². The maximum atomic E-state index is 11.7. The van der Waals surface area contributed by atoms with Gasteiger partial charge in [-0.15, -0.1) is 0 Å². The summed E-state index contributed by atoms with van der Waals surface area (Å²) in [7, 11) is 0. The Balaban J connectivity index is 3.84. The van der Waals surface area contributed by atoms with Gasteiger partial charge in [0.05, 0.1) is 0 Å². The van der Waals surface area contributed by atoms with Crippen molar-refractivity contribution in [2.24, 2.45) is 5.92 Å². The zero-order valence-electron chi connectivity index (χ0n) is 9.11. The van der Waals surface area contributed by atoms with Crippen LogP contribution in [0.1, 0.15) is 27.2 Å². The number of amides is 2. The molecule has 0 fully saturated rings. The van der Waals surface area contributed by atoms with Gasteiger partial charge in [0.2, 0.25) is 0 Å². The number of hydrogen-bond acceptors (Lipinski definition) is 1. The first-order valence-corrected chi connectivity index (χ1v) is 4.87. The Bertz CT molecular complexity index is 206. The number of carbonyl (C=O) groups excluding carboxylic acids is 1. The molecule has 0 aromatic carbocycles. The van der Waals surface area contributed by atoms with Gasteiger partial charge in [-0.2, -0.15) is 13.2 Å². The SMILES string of the molecule is CCC(C)C(C)NC(=O)NCC(F)(F)F. The van der Waals surface area contributed by atoms with Gasteiger partial charge in [0.25, 0.3) is 0 Å². The average molecular weight is 226 g/mol. The highest BCUT2D eigenvalue weighted by Gasteiger charge is 2.28. The molecule has 0 radical (unpaired) electrons. The molecule has 2 unspecified atom stereocenters. The van der Waals surface area contributed by atoms with E-state index in [2.05, 4.69) is 5.32 Å². The number of urea groups is 1. The molecule has 0 rings (SSSR count). The molecule has 0 aromatic heterocycles. The summed E-state index contributed by atoms with van der Waals surface area (Å²) in [5.74, 6) is 0.238. The topological polar surface area (TPSA) is 41.1 Å². The summed E-state index contributed by atoms with van der Waals surface area (Å²) in [4.78, 5) is 11.0. The lowest BCUT2D eigenvalue weighted by molar-refractivity contribution is -0.122. The molecule has 0 aliphatic heterocycles. The Morgan fingerprint density at radius 3 is 2.27 bits per heavy atom. The van der Waals surface area contributed by atoms with Crippen molar-refractivity contribution in [1.29, 1.82) is 0 Å². The number of halogens is 3. The summed E-state index contributed by atoms with van der Waals surface area (Å²) in [6.45, 7) is 4.35. The highest BCUT2D eigenvalue weighted by molar-refractivity contribution is 5.74. The maximum Gasteiger partial charge on any atom is 0.405 e. The number of hydrogen-bond donors (Lipinski definition) is 2. The van der Waals surface area contributed by atoms with Crippen molar-refractivity contribution in [1.82, 2.24) is 10.6 Å². The quantitative estimate of drug-likeness (QED) is 0.758. The maximum absolute atomic E-state index is 11.7. The van der Waals surface area contributed by atoms with Gasteiger partial charge in [0.1, 0.15) is 6.54 Å². The van der Waals surface area contributed by atoms with Crippen LogP contribution in [0.15, 0.2) is 0 Å². The minimum absolute atomic E-state index is 0.136. The van der Waals surface area contributed by atoms with E-state index < -0.39 is 18.8 Å². The lowest BCUT2D eigenvalue weighted by Crippen LogP contribution is -2.46. The molecule has 2 amide bonds. The van der Waals surface area contributed by atoms with E-state index in [4.69, 9.17) is 0 Å². The summed E-state index contributed by atoms with van der Waals surface area (Å²) >= 11 is 0. The molecule has 0 aliphatic rings. The lowest BCUT2D eigenvalue weighted by Gasteiger charge is -2.20. The minimum atomic E-state index is -4.36. The fourth-order valence-electron chi connectivity index (χ4n) is 0.934. The van der Waals surface area contributed by atoms with Crippen molar-refractivity contribution in [2.75, 3.05) is 6.54 Å². The molecule has 15 heavy (non-hydrogen) atoms. The van der Waals surface area contributed by atoms with Crippen LogP contribution in [-0.2, 0) is 0 Å². The Kier molecular flexibility index (Phi) is 5.46. The lowest BCUT2D eigenvalue weighted by atomic mass is 10.0. The van der Waals surface area contributed by atoms with Crippen LogP contribution in [0.4, 0.5) is 18.0 Å². The molecule has 3 nitrogen and oxygen atoms in total. The third-order valence-electron chi connectivity index (χ3n) is 2.31. The number of alkyl halides is 3. The first-order chi connectivity index (χ1) is 6.76. The molecule has 2 atom stereocenters. The van der Waals surface area contributed by atoms with Crippen molar-refractivity contribution in [3.05, 3.63) is 0 Å². The van der Waals surface area contributed by atoms with E-state index in [0.29, 0.717) is 0 Å². The molecular weight excluding hydrogens is 209 g/mol. The van der Waals surface area contributed by atoms with E-state index in [9.17, 15) is 18.0 Å². The van der Waals surface area contributed by atoms with E-state index in [0.717, 1.165) is 6.42 Å². The second kappa shape index (κ2) is 5.82. The number of carbonyl (C=O) groups is 1. The molecule has 90 valence electrons. The van der Waals surface area contributed by atoms with Crippen molar-refractivity contribution < 1.29 is 18.0 Å². The van der Waals surface area contributed by atoms with Crippen molar-refractivity contribution in [3.8, 4) is 0 Å². The van der Waals surface area contributed by atoms with Crippen LogP contribution in [0.2, 0.25) is 0 Å². The van der Waals surface area contributed by atoms with E-state index >= 15 is 0 Å². The van der Waals surface area contributed by atoms with Gasteiger partial charge in [0.15, 0.2) is 0 Å². The largest absolute Gasteiger partial charge is 0.405 e. The van der Waals surface area contributed by atoms with Crippen LogP contribution in [0.5, 0.6) is 0 Å². The molecule has 0 saturated carbocycles. The van der Waals surface area contributed by atoms with Gasteiger partial charge in [-0.3, -0.25) is 0 Å². The summed E-state index contributed by atoms with van der Waals surface area (Å²) in [5.41, 5.74) is 0. The normalized spacial score (nSPS) is 15.6. The summed E-state index contributed by atoms with van der Waals surface area (Å²) in [6, 6.07) is -0.914. The highest BCUT2D eigenvalue weighted by Crippen LogP contribution is 2.12. The van der Waals surface area contributed by atoms with Crippen molar-refractivity contribution in [2.45, 2.75) is 39.4 Å². The predicted molar refractivity (Wildman–Crippen MR) is 51.5 cm³/mol. The van der Waals surface area contributed by atoms with Gasteiger partial charge >= 0.3 is 12.2 Å². The highest BCUT2D eigenvalue weighted by atomic mass is 19.4. The Labute approximate surface area is 87.4 Å². The first kappa shape index (κ1) is 14.1. The van der Waals surface area contributed by atoms with Gasteiger partial charge < -0.3 is 10.6 Å². The summed E-state index contributed by atoms with van der Waals surface area (Å²) < 4.78 is 35.2. The monoisotopic (exact) mass is 226 g/mol. The zero-order valence-corrected chi connectivity index (χ0v) is 9.11. The first-order valence-electron chi connectivity index (χ1n) is 4.87. The Hall–Kier alpha value is -0.940. The Morgan fingerprint density at radius 1 is 1.33 bits per heavy atom. The fraction of sp³-hybridized carbons (Fsp3) is 0.889. The van der Waals surface area contributed by atoms with Crippen LogP contribution in [0.25, 0.3) is 0 Å². The molecule has 0 spiro atoms. The van der Waals surface area contributed by atoms with Crippen LogP contribution in [0, 0.1) is 5.92 Å². The van der Waals surface area contributed by atoms with Crippen LogP contribution < -0.4 is 10.6 Å². The number of rotatable bonds is 4. The second-order valence-electron chi connectivity index (χ2n) is 3.62. The predicted octanol–water partition coefficient (Wildman–Crippen LogP) is 2.28. The van der Waals surface area contributed by atoms with Crippen LogP contribution in [-0.4, -0.2) is 24.8 Å². The smallest absolute Gasteiger partial charge is 0.335 e. The van der Waals surface area contributed by atoms with Crippen molar-refractivity contribution >= 4 is 6.03 Å². The van der Waals surface area contributed by atoms with E-state index in [-0.39, 0.29) is 12.0 Å². The zero-order chi connectivity index (χ0) is 12.1. The molecule has 0 bridgehead atoms. The molecule has 2 N–H and O–H groups in total. The third-order valence-corrected chi connectivity index (χ3v) is 2.31. The summed E-state index contributed by atoms with van der Waals surface area (Å²) in [5, 5.41) is 4.21. The van der Waals surface area contributed by atoms with Crippen LogP contribution >= 0.6 is 0 Å². The Morgan fingerprint density at radius 2 is 1.87 bits per heavy atom. The van der Waals surface area contributed by atoms with E-state index in [1.54, 1.807) is 12.2 Å². The summed E-state index contributed by atoms with van der Waals surface area (Å²) in [6.07, 6.45) is -3.50. The van der Waals surface area contributed by atoms with Crippen LogP contribution in [0.3, 0.4) is 0 Å². The molecule has 0 aliphatic carbocycles. The van der Waals surface area contributed by atoms with Gasteiger partial charge in [-0.1, -0.05) is 20.3 Å².